The molecule has 1 aromatic rings. The maximum absolute atomic E-state index is 13.4. The van der Waals surface area contributed by atoms with Gasteiger partial charge in [0.25, 0.3) is 0 Å². The molecule has 134 valence electrons. The largest absolute Gasteiger partial charge is 0.250 e. The van der Waals surface area contributed by atoms with Gasteiger partial charge in [-0.25, -0.2) is 26.2 Å². The summed E-state index contributed by atoms with van der Waals surface area (Å²) in [6.07, 6.45) is 0.992. The van der Waals surface area contributed by atoms with Crippen molar-refractivity contribution in [2.24, 2.45) is 0 Å². The van der Waals surface area contributed by atoms with Crippen molar-refractivity contribution < 1.29 is 21.2 Å². The molecule has 0 aliphatic carbocycles. The average Bonchev–Trinajstić information content (AvgIpc) is 3.00. The summed E-state index contributed by atoms with van der Waals surface area (Å²) in [6.45, 7) is 0.328. The lowest BCUT2D eigenvalue weighted by Crippen LogP contribution is -2.50. The van der Waals surface area contributed by atoms with Crippen molar-refractivity contribution in [1.82, 2.24) is 10.4 Å². The van der Waals surface area contributed by atoms with E-state index in [4.69, 9.17) is 0 Å². The standard InChI is InChI=1S/C15H21FN2O4S2/c16-13-3-1-2-12(8-13)9-18(15-5-7-24(21,22)11-15)17-14-4-6-23(19,20)10-14/h1-3,8,14-15,17H,4-7,9-11H2/t14-,15+/m1/s1. The molecular weight excluding hydrogens is 355 g/mol. The van der Waals surface area contributed by atoms with E-state index in [0.29, 0.717) is 24.9 Å². The number of sulfone groups is 2. The number of benzene rings is 1. The van der Waals surface area contributed by atoms with Crippen LogP contribution in [0.5, 0.6) is 0 Å². The quantitative estimate of drug-likeness (QED) is 0.754. The third-order valence-corrected chi connectivity index (χ3v) is 7.99. The molecule has 0 bridgehead atoms. The molecule has 0 unspecified atom stereocenters. The van der Waals surface area contributed by atoms with Crippen LogP contribution in [0.3, 0.4) is 0 Å². The zero-order valence-corrected chi connectivity index (χ0v) is 14.8. The molecule has 0 spiro atoms. The van der Waals surface area contributed by atoms with Crippen molar-refractivity contribution >= 4 is 19.7 Å². The predicted molar refractivity (Wildman–Crippen MR) is 89.2 cm³/mol. The second kappa shape index (κ2) is 6.70. The van der Waals surface area contributed by atoms with Crippen molar-refractivity contribution in [2.45, 2.75) is 31.5 Å². The molecule has 0 saturated carbocycles. The minimum Gasteiger partial charge on any atom is -0.250 e. The van der Waals surface area contributed by atoms with E-state index in [2.05, 4.69) is 5.43 Å². The maximum atomic E-state index is 13.4. The van der Waals surface area contributed by atoms with Crippen molar-refractivity contribution in [3.8, 4) is 0 Å². The van der Waals surface area contributed by atoms with Crippen LogP contribution < -0.4 is 5.43 Å². The minimum absolute atomic E-state index is 0.0365. The van der Waals surface area contributed by atoms with Crippen molar-refractivity contribution in [1.29, 1.82) is 0 Å². The van der Waals surface area contributed by atoms with E-state index in [1.165, 1.54) is 12.1 Å². The smallest absolute Gasteiger partial charge is 0.151 e. The Morgan fingerprint density at radius 3 is 2.38 bits per heavy atom. The van der Waals surface area contributed by atoms with Gasteiger partial charge in [-0.3, -0.25) is 5.43 Å². The number of hydrogen-bond donors (Lipinski definition) is 1. The zero-order chi connectivity index (χ0) is 17.4. The van der Waals surface area contributed by atoms with E-state index in [9.17, 15) is 21.2 Å². The lowest BCUT2D eigenvalue weighted by molar-refractivity contribution is 0.107. The fourth-order valence-corrected chi connectivity index (χ4v) is 6.66. The van der Waals surface area contributed by atoms with Gasteiger partial charge in [0.05, 0.1) is 23.0 Å². The number of hydrogen-bond acceptors (Lipinski definition) is 6. The number of rotatable bonds is 5. The van der Waals surface area contributed by atoms with E-state index in [-0.39, 0.29) is 40.9 Å². The molecule has 0 aromatic heterocycles. The molecule has 24 heavy (non-hydrogen) atoms. The summed E-state index contributed by atoms with van der Waals surface area (Å²) >= 11 is 0. The predicted octanol–water partition coefficient (Wildman–Crippen LogP) is 0.507. The monoisotopic (exact) mass is 376 g/mol. The van der Waals surface area contributed by atoms with Crippen LogP contribution in [0.4, 0.5) is 4.39 Å². The molecule has 9 heteroatoms. The summed E-state index contributed by atoms with van der Waals surface area (Å²) in [5, 5.41) is 1.78. The van der Waals surface area contributed by atoms with Crippen LogP contribution in [0, 0.1) is 5.82 Å². The third kappa shape index (κ3) is 4.53. The van der Waals surface area contributed by atoms with E-state index in [1.807, 2.05) is 0 Å². The van der Waals surface area contributed by atoms with Crippen LogP contribution in [-0.2, 0) is 26.2 Å². The van der Waals surface area contributed by atoms with E-state index < -0.39 is 19.7 Å². The zero-order valence-electron chi connectivity index (χ0n) is 13.2. The summed E-state index contributed by atoms with van der Waals surface area (Å²) in [5.41, 5.74) is 3.90. The molecule has 6 nitrogen and oxygen atoms in total. The third-order valence-electron chi connectivity index (χ3n) is 4.47. The highest BCUT2D eigenvalue weighted by Gasteiger charge is 2.35. The lowest BCUT2D eigenvalue weighted by atomic mass is 10.1. The molecule has 0 amide bonds. The number of nitrogens with zero attached hydrogens (tertiary/aromatic N) is 1. The summed E-state index contributed by atoms with van der Waals surface area (Å²) in [5.74, 6) is -0.000415. The van der Waals surface area contributed by atoms with E-state index in [1.54, 1.807) is 17.1 Å². The summed E-state index contributed by atoms with van der Waals surface area (Å²) < 4.78 is 60.3. The van der Waals surface area contributed by atoms with Gasteiger partial charge in [-0.2, -0.15) is 0 Å². The van der Waals surface area contributed by atoms with Gasteiger partial charge in [0, 0.05) is 18.6 Å². The van der Waals surface area contributed by atoms with E-state index in [0.717, 1.165) is 0 Å². The number of hydrazine groups is 1. The molecule has 2 saturated heterocycles. The molecule has 1 N–H and O–H groups in total. The number of nitrogens with one attached hydrogen (secondary N) is 1. The maximum Gasteiger partial charge on any atom is 0.151 e. The van der Waals surface area contributed by atoms with Gasteiger partial charge >= 0.3 is 0 Å². The molecule has 1 aromatic carbocycles. The van der Waals surface area contributed by atoms with Gasteiger partial charge in [0.2, 0.25) is 0 Å². The average molecular weight is 376 g/mol. The Kier molecular flexibility index (Phi) is 4.96. The minimum atomic E-state index is -3.07. The molecular formula is C15H21FN2O4S2. The first-order chi connectivity index (χ1) is 11.2. The Balaban J connectivity index is 1.76. The molecule has 0 radical (unpaired) electrons. The van der Waals surface area contributed by atoms with Gasteiger partial charge in [0.15, 0.2) is 19.7 Å². The SMILES string of the molecule is O=S1(=O)CC[C@@H](NN(Cc2cccc(F)c2)[C@H]2CCS(=O)(=O)C2)C1. The van der Waals surface area contributed by atoms with Crippen LogP contribution in [0.15, 0.2) is 24.3 Å². The first-order valence-electron chi connectivity index (χ1n) is 7.90. The van der Waals surface area contributed by atoms with Crippen LogP contribution >= 0.6 is 0 Å². The Labute approximate surface area is 141 Å². The van der Waals surface area contributed by atoms with Crippen LogP contribution in [0.2, 0.25) is 0 Å². The second-order valence-corrected chi connectivity index (χ2v) is 11.0. The summed E-state index contributed by atoms with van der Waals surface area (Å²) in [4.78, 5) is 0. The van der Waals surface area contributed by atoms with Crippen molar-refractivity contribution in [3.63, 3.8) is 0 Å². The van der Waals surface area contributed by atoms with Gasteiger partial charge < -0.3 is 0 Å². The molecule has 2 fully saturated rings. The van der Waals surface area contributed by atoms with Crippen LogP contribution in [0.25, 0.3) is 0 Å². The normalized spacial score (nSPS) is 28.4. The summed E-state index contributed by atoms with van der Waals surface area (Å²) in [7, 11) is -6.11. The van der Waals surface area contributed by atoms with Crippen LogP contribution in [-0.4, -0.2) is 56.9 Å². The Morgan fingerprint density at radius 2 is 1.79 bits per heavy atom. The Morgan fingerprint density at radius 1 is 1.08 bits per heavy atom. The van der Waals surface area contributed by atoms with Gasteiger partial charge in [-0.05, 0) is 30.5 Å². The summed E-state index contributed by atoms with van der Waals surface area (Å²) in [6, 6.07) is 5.67. The van der Waals surface area contributed by atoms with Gasteiger partial charge in [-0.15, -0.1) is 0 Å². The highest BCUT2D eigenvalue weighted by atomic mass is 32.2. The Bertz CT molecular complexity index is 811. The van der Waals surface area contributed by atoms with Crippen LogP contribution in [0.1, 0.15) is 18.4 Å². The van der Waals surface area contributed by atoms with Crippen molar-refractivity contribution in [2.75, 3.05) is 23.0 Å². The highest BCUT2D eigenvalue weighted by molar-refractivity contribution is 7.91. The molecule has 2 atom stereocenters. The first kappa shape index (κ1) is 17.8. The van der Waals surface area contributed by atoms with Gasteiger partial charge in [-0.1, -0.05) is 12.1 Å². The molecule has 3 rings (SSSR count). The van der Waals surface area contributed by atoms with Crippen molar-refractivity contribution in [3.05, 3.63) is 35.6 Å². The van der Waals surface area contributed by atoms with E-state index >= 15 is 0 Å². The Hall–Kier alpha value is -1.03. The van der Waals surface area contributed by atoms with Gasteiger partial charge in [0.1, 0.15) is 5.82 Å². The molecule has 2 aliphatic rings. The fraction of sp³-hybridized carbons (Fsp3) is 0.600. The lowest BCUT2D eigenvalue weighted by Gasteiger charge is -2.31. The fourth-order valence-electron chi connectivity index (χ4n) is 3.26. The highest BCUT2D eigenvalue weighted by Crippen LogP contribution is 2.21. The molecule has 2 aliphatic heterocycles. The number of halogens is 1. The topological polar surface area (TPSA) is 83.6 Å². The molecule has 2 heterocycles. The first-order valence-corrected chi connectivity index (χ1v) is 11.5. The second-order valence-electron chi connectivity index (χ2n) is 6.54.